The van der Waals surface area contributed by atoms with Gasteiger partial charge in [0.2, 0.25) is 0 Å². The van der Waals surface area contributed by atoms with Crippen LogP contribution < -0.4 is 0 Å². The zero-order valence-corrected chi connectivity index (χ0v) is 19.3. The fraction of sp³-hybridized carbons (Fsp3) is 0.500. The third-order valence-corrected chi connectivity index (χ3v) is 6.88. The Labute approximate surface area is 192 Å². The van der Waals surface area contributed by atoms with Crippen LogP contribution in [0.5, 0.6) is 0 Å². The fourth-order valence-electron chi connectivity index (χ4n) is 5.23. The summed E-state index contributed by atoms with van der Waals surface area (Å²) >= 11 is 0. The summed E-state index contributed by atoms with van der Waals surface area (Å²) in [5.74, 6) is 1.24. The van der Waals surface area contributed by atoms with Gasteiger partial charge in [0.1, 0.15) is 19.4 Å². The SMILES string of the molecule is CO/N=C(/c1ccccc1)c1cccc(CON=C(C2CCCCC2)C2CCCCC2)c1. The molecule has 0 unspecified atom stereocenters. The summed E-state index contributed by atoms with van der Waals surface area (Å²) in [5.41, 5.74) is 5.32. The topological polar surface area (TPSA) is 43.2 Å². The number of benzene rings is 2. The van der Waals surface area contributed by atoms with Crippen LogP contribution in [0.4, 0.5) is 0 Å². The predicted octanol–water partition coefficient (Wildman–Crippen LogP) is 7.12. The maximum Gasteiger partial charge on any atom is 0.142 e. The summed E-state index contributed by atoms with van der Waals surface area (Å²) < 4.78 is 0. The van der Waals surface area contributed by atoms with E-state index < -0.39 is 0 Å². The molecule has 0 aliphatic heterocycles. The molecule has 4 heteroatoms. The minimum Gasteiger partial charge on any atom is -0.399 e. The highest BCUT2D eigenvalue weighted by Gasteiger charge is 2.28. The zero-order valence-electron chi connectivity index (χ0n) is 19.3. The first kappa shape index (κ1) is 22.6. The fourth-order valence-corrected chi connectivity index (χ4v) is 5.23. The monoisotopic (exact) mass is 432 g/mol. The van der Waals surface area contributed by atoms with E-state index in [1.165, 1.54) is 69.9 Å². The van der Waals surface area contributed by atoms with Crippen molar-refractivity contribution in [2.45, 2.75) is 70.8 Å². The minimum absolute atomic E-state index is 0.478. The standard InChI is InChI=1S/C28H36N2O2/c1-31-29-28(25-17-9-4-10-18-25)26-19-11-12-22(20-26)21-32-30-27(23-13-5-2-6-14-23)24-15-7-3-8-16-24/h4,9-12,17-20,23-24H,2-3,5-8,13-16,21H2,1H3/b29-28-. The van der Waals surface area contributed by atoms with Crippen LogP contribution in [-0.4, -0.2) is 18.5 Å². The van der Waals surface area contributed by atoms with E-state index >= 15 is 0 Å². The van der Waals surface area contributed by atoms with Crippen molar-refractivity contribution in [3.05, 3.63) is 71.3 Å². The van der Waals surface area contributed by atoms with E-state index in [0.717, 1.165) is 22.4 Å². The lowest BCUT2D eigenvalue weighted by atomic mass is 9.76. The van der Waals surface area contributed by atoms with Crippen LogP contribution in [0.2, 0.25) is 0 Å². The molecular weight excluding hydrogens is 396 g/mol. The minimum atomic E-state index is 0.478. The summed E-state index contributed by atoms with van der Waals surface area (Å²) in [6, 6.07) is 18.5. The molecule has 4 rings (SSSR count). The van der Waals surface area contributed by atoms with E-state index in [4.69, 9.17) is 14.8 Å². The molecule has 2 fully saturated rings. The van der Waals surface area contributed by atoms with Gasteiger partial charge in [-0.1, -0.05) is 97.4 Å². The number of oxime groups is 2. The summed E-state index contributed by atoms with van der Waals surface area (Å²) in [4.78, 5) is 11.1. The molecule has 2 aromatic rings. The van der Waals surface area contributed by atoms with Gasteiger partial charge in [-0.15, -0.1) is 0 Å². The highest BCUT2D eigenvalue weighted by molar-refractivity contribution is 6.12. The van der Waals surface area contributed by atoms with Gasteiger partial charge in [-0.25, -0.2) is 0 Å². The van der Waals surface area contributed by atoms with E-state index in [1.807, 2.05) is 30.3 Å². The van der Waals surface area contributed by atoms with Crippen LogP contribution >= 0.6 is 0 Å². The second kappa shape index (κ2) is 11.8. The van der Waals surface area contributed by atoms with Crippen molar-refractivity contribution in [2.75, 3.05) is 7.11 Å². The number of rotatable bonds is 8. The van der Waals surface area contributed by atoms with Crippen molar-refractivity contribution in [3.63, 3.8) is 0 Å². The van der Waals surface area contributed by atoms with Gasteiger partial charge >= 0.3 is 0 Å². The molecular formula is C28H36N2O2. The summed E-state index contributed by atoms with van der Waals surface area (Å²) in [6.07, 6.45) is 13.2. The van der Waals surface area contributed by atoms with E-state index in [1.54, 1.807) is 7.11 Å². The predicted molar refractivity (Wildman–Crippen MR) is 131 cm³/mol. The summed E-state index contributed by atoms with van der Waals surface area (Å²) in [6.45, 7) is 0.478. The largest absolute Gasteiger partial charge is 0.399 e. The van der Waals surface area contributed by atoms with E-state index in [2.05, 4.69) is 29.4 Å². The third-order valence-electron chi connectivity index (χ3n) is 6.88. The Bertz CT molecular complexity index is 875. The number of nitrogens with zero attached hydrogens (tertiary/aromatic N) is 2. The smallest absolute Gasteiger partial charge is 0.142 e. The zero-order chi connectivity index (χ0) is 22.0. The molecule has 0 saturated heterocycles. The summed E-state index contributed by atoms with van der Waals surface area (Å²) in [5, 5.41) is 9.08. The van der Waals surface area contributed by atoms with Crippen molar-refractivity contribution < 1.29 is 9.68 Å². The molecule has 2 aliphatic carbocycles. The lowest BCUT2D eigenvalue weighted by Crippen LogP contribution is -2.27. The highest BCUT2D eigenvalue weighted by Crippen LogP contribution is 2.33. The molecule has 0 atom stereocenters. The van der Waals surface area contributed by atoms with Crippen LogP contribution in [0.3, 0.4) is 0 Å². The Morgan fingerprint density at radius 1 is 0.750 bits per heavy atom. The quantitative estimate of drug-likeness (QED) is 0.329. The van der Waals surface area contributed by atoms with Crippen LogP contribution in [0.25, 0.3) is 0 Å². The van der Waals surface area contributed by atoms with Crippen LogP contribution in [0, 0.1) is 11.8 Å². The number of hydrogen-bond acceptors (Lipinski definition) is 4. The average molecular weight is 433 g/mol. The number of hydrogen-bond donors (Lipinski definition) is 0. The maximum atomic E-state index is 6.01. The van der Waals surface area contributed by atoms with Gasteiger partial charge in [0.15, 0.2) is 0 Å². The first-order valence-electron chi connectivity index (χ1n) is 12.3. The first-order valence-corrected chi connectivity index (χ1v) is 12.3. The molecule has 0 radical (unpaired) electrons. The molecule has 170 valence electrons. The lowest BCUT2D eigenvalue weighted by molar-refractivity contribution is 0.125. The van der Waals surface area contributed by atoms with E-state index in [9.17, 15) is 0 Å². The van der Waals surface area contributed by atoms with Gasteiger partial charge in [-0.3, -0.25) is 0 Å². The third kappa shape index (κ3) is 5.99. The molecule has 0 spiro atoms. The molecule has 2 aromatic carbocycles. The van der Waals surface area contributed by atoms with Gasteiger partial charge in [-0.2, -0.15) is 0 Å². The molecule has 0 aromatic heterocycles. The Kier molecular flexibility index (Phi) is 8.35. The van der Waals surface area contributed by atoms with Crippen LogP contribution in [0.15, 0.2) is 64.9 Å². The summed E-state index contributed by atoms with van der Waals surface area (Å²) in [7, 11) is 1.59. The highest BCUT2D eigenvalue weighted by atomic mass is 16.6. The molecule has 2 saturated carbocycles. The van der Waals surface area contributed by atoms with Crippen molar-refractivity contribution in [3.8, 4) is 0 Å². The molecule has 0 amide bonds. The van der Waals surface area contributed by atoms with Crippen molar-refractivity contribution in [1.82, 2.24) is 0 Å². The lowest BCUT2D eigenvalue weighted by Gasteiger charge is -2.30. The van der Waals surface area contributed by atoms with Gasteiger partial charge in [-0.05, 0) is 37.3 Å². The molecule has 4 nitrogen and oxygen atoms in total. The molecule has 0 N–H and O–H groups in total. The average Bonchev–Trinajstić information content (AvgIpc) is 2.87. The second-order valence-corrected chi connectivity index (χ2v) is 9.15. The molecule has 0 heterocycles. The van der Waals surface area contributed by atoms with E-state index in [-0.39, 0.29) is 0 Å². The normalized spacial score (nSPS) is 18.2. The van der Waals surface area contributed by atoms with Crippen molar-refractivity contribution in [2.24, 2.45) is 22.1 Å². The van der Waals surface area contributed by atoms with E-state index in [0.29, 0.717) is 18.4 Å². The molecule has 2 aliphatic rings. The van der Waals surface area contributed by atoms with Crippen LogP contribution in [0.1, 0.15) is 80.9 Å². The maximum absolute atomic E-state index is 6.01. The van der Waals surface area contributed by atoms with Gasteiger partial charge < -0.3 is 9.68 Å². The Hall–Kier alpha value is -2.62. The second-order valence-electron chi connectivity index (χ2n) is 9.15. The van der Waals surface area contributed by atoms with Crippen LogP contribution in [-0.2, 0) is 16.3 Å². The van der Waals surface area contributed by atoms with Crippen molar-refractivity contribution >= 4 is 11.4 Å². The Morgan fingerprint density at radius 3 is 2.00 bits per heavy atom. The molecule has 0 bridgehead atoms. The molecule has 32 heavy (non-hydrogen) atoms. The van der Waals surface area contributed by atoms with Gasteiger partial charge in [0, 0.05) is 23.0 Å². The van der Waals surface area contributed by atoms with Crippen molar-refractivity contribution in [1.29, 1.82) is 0 Å². The first-order chi connectivity index (χ1) is 15.8. The Balaban J connectivity index is 1.48. The van der Waals surface area contributed by atoms with Gasteiger partial charge in [0.05, 0.1) is 5.71 Å². The Morgan fingerprint density at radius 2 is 1.38 bits per heavy atom. The van der Waals surface area contributed by atoms with Gasteiger partial charge in [0.25, 0.3) is 0 Å².